The van der Waals surface area contributed by atoms with Gasteiger partial charge in [-0.3, -0.25) is 4.79 Å². The lowest BCUT2D eigenvalue weighted by molar-refractivity contribution is 0.0734. The van der Waals surface area contributed by atoms with E-state index in [0.717, 1.165) is 20.9 Å². The normalized spacial score (nSPS) is 11.2. The van der Waals surface area contributed by atoms with E-state index in [1.165, 1.54) is 24.7 Å². The number of esters is 1. The van der Waals surface area contributed by atoms with Gasteiger partial charge in [0.15, 0.2) is 11.5 Å². The molecule has 36 heavy (non-hydrogen) atoms. The van der Waals surface area contributed by atoms with Crippen LogP contribution in [0.3, 0.4) is 0 Å². The molecular formula is C28H19ClN2O4S. The highest BCUT2D eigenvalue weighted by Gasteiger charge is 2.20. The third kappa shape index (κ3) is 4.66. The van der Waals surface area contributed by atoms with Crippen molar-refractivity contribution in [2.24, 2.45) is 5.10 Å². The molecule has 1 N–H and O–H groups in total. The summed E-state index contributed by atoms with van der Waals surface area (Å²) >= 11 is 7.67. The molecule has 0 saturated heterocycles. The van der Waals surface area contributed by atoms with Gasteiger partial charge in [-0.05, 0) is 46.7 Å². The minimum atomic E-state index is -0.566. The van der Waals surface area contributed by atoms with Gasteiger partial charge in [-0.2, -0.15) is 5.10 Å². The zero-order valence-corrected chi connectivity index (χ0v) is 20.6. The zero-order chi connectivity index (χ0) is 25.1. The van der Waals surface area contributed by atoms with Gasteiger partial charge in [-0.25, -0.2) is 10.2 Å². The van der Waals surface area contributed by atoms with Crippen LogP contribution < -0.4 is 14.9 Å². The lowest BCUT2D eigenvalue weighted by atomic mass is 10.0. The Labute approximate surface area is 215 Å². The Balaban J connectivity index is 1.30. The van der Waals surface area contributed by atoms with Gasteiger partial charge in [0.2, 0.25) is 0 Å². The summed E-state index contributed by atoms with van der Waals surface area (Å²) in [4.78, 5) is 25.8. The van der Waals surface area contributed by atoms with Crippen LogP contribution in [0.15, 0.2) is 90.0 Å². The number of fused-ring (bicyclic) bond motifs is 2. The second-order valence-electron chi connectivity index (χ2n) is 7.77. The van der Waals surface area contributed by atoms with Crippen molar-refractivity contribution in [3.8, 4) is 11.5 Å². The van der Waals surface area contributed by atoms with E-state index in [2.05, 4.69) is 10.5 Å². The second kappa shape index (κ2) is 10.2. The molecule has 0 fully saturated rings. The van der Waals surface area contributed by atoms with Crippen LogP contribution in [0.2, 0.25) is 5.02 Å². The van der Waals surface area contributed by atoms with Crippen LogP contribution in [0.25, 0.3) is 20.9 Å². The van der Waals surface area contributed by atoms with Gasteiger partial charge in [0.05, 0.1) is 18.3 Å². The van der Waals surface area contributed by atoms with Gasteiger partial charge in [0.1, 0.15) is 4.88 Å². The van der Waals surface area contributed by atoms with E-state index in [-0.39, 0.29) is 11.7 Å². The van der Waals surface area contributed by atoms with Crippen molar-refractivity contribution in [1.82, 2.24) is 5.43 Å². The van der Waals surface area contributed by atoms with Crippen LogP contribution >= 0.6 is 22.9 Å². The van der Waals surface area contributed by atoms with Crippen LogP contribution in [0.5, 0.6) is 11.5 Å². The molecule has 0 unspecified atom stereocenters. The smallest absolute Gasteiger partial charge is 0.355 e. The first-order chi connectivity index (χ1) is 17.5. The molecule has 0 radical (unpaired) electrons. The van der Waals surface area contributed by atoms with Crippen molar-refractivity contribution < 1.29 is 19.1 Å². The van der Waals surface area contributed by atoms with Crippen molar-refractivity contribution in [3.05, 3.63) is 106 Å². The maximum Gasteiger partial charge on any atom is 0.355 e. The average Bonchev–Trinajstić information content (AvgIpc) is 3.25. The Morgan fingerprint density at radius 3 is 2.47 bits per heavy atom. The fourth-order valence-electron chi connectivity index (χ4n) is 3.79. The van der Waals surface area contributed by atoms with Crippen LogP contribution in [-0.2, 0) is 0 Å². The number of rotatable bonds is 6. The molecule has 4 aromatic carbocycles. The Bertz CT molecular complexity index is 1640. The minimum Gasteiger partial charge on any atom is -0.493 e. The highest BCUT2D eigenvalue weighted by molar-refractivity contribution is 7.21. The summed E-state index contributed by atoms with van der Waals surface area (Å²) in [5, 5.41) is 7.06. The number of hydrazone groups is 1. The molecule has 8 heteroatoms. The standard InChI is InChI=1S/C28H19ClN2O4S/c1-34-23-15-17(16-30-31-27(32)20-11-6-8-18-7-2-3-9-19(18)20)13-14-22(23)35-28(33)26-25(29)21-10-4-5-12-24(21)36-26/h2-16H,1H3,(H,31,32)/b30-16-. The predicted molar refractivity (Wildman–Crippen MR) is 144 cm³/mol. The van der Waals surface area contributed by atoms with Gasteiger partial charge < -0.3 is 9.47 Å². The van der Waals surface area contributed by atoms with E-state index in [1.807, 2.05) is 60.7 Å². The summed E-state index contributed by atoms with van der Waals surface area (Å²) in [6, 6.07) is 25.7. The summed E-state index contributed by atoms with van der Waals surface area (Å²) in [5.74, 6) is -0.304. The topological polar surface area (TPSA) is 77.0 Å². The van der Waals surface area contributed by atoms with E-state index < -0.39 is 5.97 Å². The molecule has 0 saturated carbocycles. The van der Waals surface area contributed by atoms with E-state index in [9.17, 15) is 9.59 Å². The van der Waals surface area contributed by atoms with E-state index in [4.69, 9.17) is 21.1 Å². The molecule has 0 atom stereocenters. The summed E-state index contributed by atoms with van der Waals surface area (Å²) in [7, 11) is 1.47. The lowest BCUT2D eigenvalue weighted by Crippen LogP contribution is -2.17. The molecule has 0 aliphatic carbocycles. The van der Waals surface area contributed by atoms with Crippen molar-refractivity contribution >= 4 is 61.9 Å². The summed E-state index contributed by atoms with van der Waals surface area (Å²) < 4.78 is 11.9. The van der Waals surface area contributed by atoms with Crippen LogP contribution in [0.1, 0.15) is 25.6 Å². The zero-order valence-electron chi connectivity index (χ0n) is 19.0. The molecular weight excluding hydrogens is 496 g/mol. The fourth-order valence-corrected chi connectivity index (χ4v) is 5.17. The number of carbonyl (C=O) groups excluding carboxylic acids is 2. The number of thiophene rings is 1. The van der Waals surface area contributed by atoms with Crippen LogP contribution in [0, 0.1) is 0 Å². The molecule has 0 spiro atoms. The number of hydrogen-bond donors (Lipinski definition) is 1. The maximum atomic E-state index is 12.8. The molecule has 0 aliphatic rings. The van der Waals surface area contributed by atoms with Crippen LogP contribution in [0.4, 0.5) is 0 Å². The number of ether oxygens (including phenoxy) is 2. The summed E-state index contributed by atoms with van der Waals surface area (Å²) in [6.07, 6.45) is 1.49. The largest absolute Gasteiger partial charge is 0.493 e. The third-order valence-electron chi connectivity index (χ3n) is 5.52. The van der Waals surface area contributed by atoms with Gasteiger partial charge in [-0.15, -0.1) is 11.3 Å². The monoisotopic (exact) mass is 514 g/mol. The van der Waals surface area contributed by atoms with Gasteiger partial charge in [0, 0.05) is 15.6 Å². The SMILES string of the molecule is COc1cc(/C=N\NC(=O)c2cccc3ccccc23)ccc1OC(=O)c1sc2ccccc2c1Cl. The molecule has 1 heterocycles. The number of benzene rings is 4. The quantitative estimate of drug-likeness (QED) is 0.118. The third-order valence-corrected chi connectivity index (χ3v) is 7.18. The highest BCUT2D eigenvalue weighted by atomic mass is 35.5. The number of hydrogen-bond acceptors (Lipinski definition) is 6. The molecule has 178 valence electrons. The predicted octanol–water partition coefficient (Wildman–Crippen LogP) is 6.70. The fraction of sp³-hybridized carbons (Fsp3) is 0.0357. The Morgan fingerprint density at radius 1 is 0.917 bits per heavy atom. The number of nitrogens with zero attached hydrogens (tertiary/aromatic N) is 1. The van der Waals surface area contributed by atoms with E-state index >= 15 is 0 Å². The molecule has 5 rings (SSSR count). The first kappa shape index (κ1) is 23.5. The van der Waals surface area contributed by atoms with Gasteiger partial charge >= 0.3 is 5.97 Å². The van der Waals surface area contributed by atoms with Crippen molar-refractivity contribution in [2.45, 2.75) is 0 Å². The number of carbonyl (C=O) groups is 2. The number of halogens is 1. The maximum absolute atomic E-state index is 12.8. The van der Waals surface area contributed by atoms with E-state index in [1.54, 1.807) is 24.3 Å². The molecule has 1 amide bonds. The highest BCUT2D eigenvalue weighted by Crippen LogP contribution is 2.37. The molecule has 6 nitrogen and oxygen atoms in total. The molecule has 0 bridgehead atoms. The average molecular weight is 515 g/mol. The number of nitrogens with one attached hydrogen (secondary N) is 1. The summed E-state index contributed by atoms with van der Waals surface area (Å²) in [6.45, 7) is 0. The minimum absolute atomic E-state index is 0.243. The second-order valence-corrected chi connectivity index (χ2v) is 9.20. The number of methoxy groups -OCH3 is 1. The van der Waals surface area contributed by atoms with Gasteiger partial charge in [-0.1, -0.05) is 66.2 Å². The summed E-state index contributed by atoms with van der Waals surface area (Å²) in [5.41, 5.74) is 3.73. The van der Waals surface area contributed by atoms with Gasteiger partial charge in [0.25, 0.3) is 5.91 Å². The van der Waals surface area contributed by atoms with Crippen molar-refractivity contribution in [3.63, 3.8) is 0 Å². The van der Waals surface area contributed by atoms with Crippen molar-refractivity contribution in [1.29, 1.82) is 0 Å². The Hall–Kier alpha value is -4.20. The molecule has 0 aliphatic heterocycles. The molecule has 5 aromatic rings. The van der Waals surface area contributed by atoms with Crippen molar-refractivity contribution in [2.75, 3.05) is 7.11 Å². The Morgan fingerprint density at radius 2 is 1.67 bits per heavy atom. The first-order valence-electron chi connectivity index (χ1n) is 10.9. The number of amides is 1. The molecule has 1 aromatic heterocycles. The lowest BCUT2D eigenvalue weighted by Gasteiger charge is -2.09. The Kier molecular flexibility index (Phi) is 6.66. The van der Waals surface area contributed by atoms with Crippen LogP contribution in [-0.4, -0.2) is 25.2 Å². The van der Waals surface area contributed by atoms with E-state index in [0.29, 0.717) is 26.8 Å². The first-order valence-corrected chi connectivity index (χ1v) is 12.1.